The lowest BCUT2D eigenvalue weighted by Gasteiger charge is -1.97. The van der Waals surface area contributed by atoms with Crippen LogP contribution in [-0.4, -0.2) is 17.4 Å². The topological polar surface area (TPSA) is 58.5 Å². The minimum atomic E-state index is -0.666. The van der Waals surface area contributed by atoms with Gasteiger partial charge in [0.15, 0.2) is 0 Å². The van der Waals surface area contributed by atoms with Gasteiger partial charge in [0, 0.05) is 5.56 Å². The highest BCUT2D eigenvalue weighted by atomic mass is 16.2. The predicted octanol–water partition coefficient (Wildman–Crippen LogP) is 0.398. The maximum absolute atomic E-state index is 11.2. The van der Waals surface area contributed by atoms with Gasteiger partial charge in [-0.05, 0) is 6.92 Å². The fraction of sp³-hybridized carbons (Fsp3) is 0.100. The van der Waals surface area contributed by atoms with Gasteiger partial charge in [-0.25, -0.2) is 5.43 Å². The number of Topliss-reactive ketones (excluding diaryl/α,β-unsaturated/α-hetero) is 1. The molecule has 0 saturated carbocycles. The zero-order valence-electron chi connectivity index (χ0n) is 7.57. The maximum Gasteiger partial charge on any atom is 0.314 e. The number of hydrogen-bond acceptors (Lipinski definition) is 3. The number of carbonyl (C=O) groups excluding carboxylic acids is 2. The first-order valence-electron chi connectivity index (χ1n) is 4.18. The van der Waals surface area contributed by atoms with Gasteiger partial charge in [-0.1, -0.05) is 29.8 Å². The summed E-state index contributed by atoms with van der Waals surface area (Å²) in [7, 11) is 0. The van der Waals surface area contributed by atoms with Gasteiger partial charge in [-0.2, -0.15) is 5.10 Å². The fourth-order valence-electron chi connectivity index (χ4n) is 1.22. The van der Waals surface area contributed by atoms with Crippen LogP contribution in [0.1, 0.15) is 11.1 Å². The molecule has 1 heterocycles. The SMILES string of the molecule is Cc1ccc(C2=NNC(=O)C2=O)cc1. The largest absolute Gasteiger partial charge is 0.314 e. The second-order valence-corrected chi connectivity index (χ2v) is 3.10. The van der Waals surface area contributed by atoms with Gasteiger partial charge in [0.05, 0.1) is 0 Å². The van der Waals surface area contributed by atoms with Gasteiger partial charge in [0.1, 0.15) is 5.71 Å². The molecule has 0 bridgehead atoms. The summed E-state index contributed by atoms with van der Waals surface area (Å²) in [5, 5.41) is 3.67. The Hall–Kier alpha value is -1.97. The van der Waals surface area contributed by atoms with Crippen LogP contribution in [0.4, 0.5) is 0 Å². The highest BCUT2D eigenvalue weighted by Crippen LogP contribution is 2.07. The Morgan fingerprint density at radius 3 is 2.29 bits per heavy atom. The van der Waals surface area contributed by atoms with Crippen LogP contribution in [0.15, 0.2) is 29.4 Å². The van der Waals surface area contributed by atoms with Crippen LogP contribution >= 0.6 is 0 Å². The molecule has 2 rings (SSSR count). The fourth-order valence-corrected chi connectivity index (χ4v) is 1.22. The van der Waals surface area contributed by atoms with Crippen molar-refractivity contribution in [1.29, 1.82) is 0 Å². The first kappa shape index (κ1) is 8.62. The first-order valence-corrected chi connectivity index (χ1v) is 4.18. The second kappa shape index (κ2) is 3.06. The van der Waals surface area contributed by atoms with E-state index in [-0.39, 0.29) is 5.71 Å². The molecule has 4 heteroatoms. The average molecular weight is 188 g/mol. The third kappa shape index (κ3) is 1.31. The van der Waals surface area contributed by atoms with Crippen LogP contribution in [0.2, 0.25) is 0 Å². The molecule has 0 unspecified atom stereocenters. The van der Waals surface area contributed by atoms with Crippen molar-refractivity contribution in [1.82, 2.24) is 5.43 Å². The summed E-state index contributed by atoms with van der Waals surface area (Å²) >= 11 is 0. The van der Waals surface area contributed by atoms with Gasteiger partial charge < -0.3 is 0 Å². The Morgan fingerprint density at radius 1 is 1.14 bits per heavy atom. The van der Waals surface area contributed by atoms with E-state index < -0.39 is 11.7 Å². The Bertz CT molecular complexity index is 432. The quantitative estimate of drug-likeness (QED) is 0.648. The Morgan fingerprint density at radius 2 is 1.79 bits per heavy atom. The van der Waals surface area contributed by atoms with Crippen molar-refractivity contribution in [3.63, 3.8) is 0 Å². The number of nitrogens with one attached hydrogen (secondary N) is 1. The number of nitrogens with zero attached hydrogens (tertiary/aromatic N) is 1. The van der Waals surface area contributed by atoms with Gasteiger partial charge in [-0.3, -0.25) is 9.59 Å². The van der Waals surface area contributed by atoms with E-state index in [0.717, 1.165) is 5.56 Å². The summed E-state index contributed by atoms with van der Waals surface area (Å²) < 4.78 is 0. The third-order valence-corrected chi connectivity index (χ3v) is 2.02. The molecule has 1 aliphatic heterocycles. The number of hydrogen-bond donors (Lipinski definition) is 1. The minimum Gasteiger partial charge on any atom is -0.281 e. The summed E-state index contributed by atoms with van der Waals surface area (Å²) in [5.74, 6) is -1.24. The van der Waals surface area contributed by atoms with Gasteiger partial charge in [-0.15, -0.1) is 0 Å². The van der Waals surface area contributed by atoms with Gasteiger partial charge in [0.25, 0.3) is 5.78 Å². The van der Waals surface area contributed by atoms with E-state index in [4.69, 9.17) is 0 Å². The Kier molecular flexibility index (Phi) is 1.89. The molecule has 1 N–H and O–H groups in total. The number of ketones is 1. The molecule has 1 amide bonds. The van der Waals surface area contributed by atoms with Crippen molar-refractivity contribution < 1.29 is 9.59 Å². The second-order valence-electron chi connectivity index (χ2n) is 3.10. The van der Waals surface area contributed by atoms with Crippen molar-refractivity contribution in [3.8, 4) is 0 Å². The number of aryl methyl sites for hydroxylation is 1. The van der Waals surface area contributed by atoms with E-state index in [9.17, 15) is 9.59 Å². The molecule has 1 aromatic rings. The smallest absolute Gasteiger partial charge is 0.281 e. The molecule has 0 saturated heterocycles. The van der Waals surface area contributed by atoms with Crippen LogP contribution < -0.4 is 5.43 Å². The van der Waals surface area contributed by atoms with E-state index in [1.54, 1.807) is 12.1 Å². The summed E-state index contributed by atoms with van der Waals surface area (Å²) in [6.45, 7) is 1.95. The zero-order chi connectivity index (χ0) is 10.1. The normalized spacial score (nSPS) is 15.4. The number of benzene rings is 1. The number of rotatable bonds is 1. The minimum absolute atomic E-state index is 0.190. The van der Waals surface area contributed by atoms with Crippen molar-refractivity contribution in [2.24, 2.45) is 5.10 Å². The van der Waals surface area contributed by atoms with Crippen LogP contribution in [-0.2, 0) is 9.59 Å². The number of hydrazone groups is 1. The molecule has 70 valence electrons. The number of carbonyl (C=O) groups is 2. The molecular formula is C10H8N2O2. The maximum atomic E-state index is 11.2. The van der Waals surface area contributed by atoms with Crippen molar-refractivity contribution in [3.05, 3.63) is 35.4 Å². The summed E-state index contributed by atoms with van der Waals surface area (Å²) in [6, 6.07) is 7.28. The van der Waals surface area contributed by atoms with Crippen molar-refractivity contribution in [2.75, 3.05) is 0 Å². The summed E-state index contributed by atoms with van der Waals surface area (Å²) in [4.78, 5) is 22.1. The number of amides is 1. The first-order chi connectivity index (χ1) is 6.68. The lowest BCUT2D eigenvalue weighted by atomic mass is 10.1. The molecule has 0 spiro atoms. The molecular weight excluding hydrogens is 180 g/mol. The van der Waals surface area contributed by atoms with Crippen molar-refractivity contribution >= 4 is 17.4 Å². The molecule has 0 radical (unpaired) electrons. The van der Waals surface area contributed by atoms with Crippen LogP contribution in [0, 0.1) is 6.92 Å². The molecule has 1 aromatic carbocycles. The molecule has 0 atom stereocenters. The summed E-state index contributed by atoms with van der Waals surface area (Å²) in [5.41, 5.74) is 4.08. The molecule has 1 aliphatic rings. The Balaban J connectivity index is 2.37. The molecule has 0 aromatic heterocycles. The van der Waals surface area contributed by atoms with Gasteiger partial charge in [0.2, 0.25) is 0 Å². The lowest BCUT2D eigenvalue weighted by molar-refractivity contribution is -0.133. The molecule has 4 nitrogen and oxygen atoms in total. The third-order valence-electron chi connectivity index (χ3n) is 2.02. The van der Waals surface area contributed by atoms with Crippen molar-refractivity contribution in [2.45, 2.75) is 6.92 Å². The van der Waals surface area contributed by atoms with E-state index in [1.165, 1.54) is 0 Å². The van der Waals surface area contributed by atoms with E-state index >= 15 is 0 Å². The predicted molar refractivity (Wildman–Crippen MR) is 50.9 cm³/mol. The van der Waals surface area contributed by atoms with E-state index in [2.05, 4.69) is 10.5 Å². The van der Waals surface area contributed by atoms with Crippen LogP contribution in [0.3, 0.4) is 0 Å². The van der Waals surface area contributed by atoms with Crippen LogP contribution in [0.25, 0.3) is 0 Å². The molecule has 0 aliphatic carbocycles. The van der Waals surface area contributed by atoms with E-state index in [1.807, 2.05) is 19.1 Å². The Labute approximate surface area is 80.6 Å². The van der Waals surface area contributed by atoms with E-state index in [0.29, 0.717) is 5.56 Å². The summed E-state index contributed by atoms with van der Waals surface area (Å²) in [6.07, 6.45) is 0. The van der Waals surface area contributed by atoms with Gasteiger partial charge >= 0.3 is 5.91 Å². The molecule has 14 heavy (non-hydrogen) atoms. The standard InChI is InChI=1S/C10H8N2O2/c1-6-2-4-7(5-3-6)8-9(13)10(14)12-11-8/h2-5H,1H3,(H,12,13,14). The zero-order valence-corrected chi connectivity index (χ0v) is 7.57. The molecule has 0 fully saturated rings. The highest BCUT2D eigenvalue weighted by molar-refractivity contribution is 6.69. The highest BCUT2D eigenvalue weighted by Gasteiger charge is 2.27. The van der Waals surface area contributed by atoms with Crippen LogP contribution in [0.5, 0.6) is 0 Å². The average Bonchev–Trinajstić information content (AvgIpc) is 2.50. The monoisotopic (exact) mass is 188 g/mol. The lowest BCUT2D eigenvalue weighted by Crippen LogP contribution is -2.22.